The van der Waals surface area contributed by atoms with Crippen molar-refractivity contribution in [2.75, 3.05) is 27.9 Å². The summed E-state index contributed by atoms with van der Waals surface area (Å²) in [6, 6.07) is 18.0. The number of carbonyl (C=O) groups excluding carboxylic acids is 2. The van der Waals surface area contributed by atoms with Crippen LogP contribution in [0.5, 0.6) is 17.4 Å². The van der Waals surface area contributed by atoms with E-state index in [9.17, 15) is 9.59 Å². The van der Waals surface area contributed by atoms with Gasteiger partial charge in [0, 0.05) is 22.0 Å². The van der Waals surface area contributed by atoms with E-state index in [2.05, 4.69) is 10.3 Å². The van der Waals surface area contributed by atoms with E-state index in [1.54, 1.807) is 88.0 Å². The quantitative estimate of drug-likeness (QED) is 0.139. The van der Waals surface area contributed by atoms with E-state index in [4.69, 9.17) is 61.6 Å². The highest BCUT2D eigenvalue weighted by molar-refractivity contribution is 6.31. The molecule has 50 heavy (non-hydrogen) atoms. The molecule has 0 unspecified atom stereocenters. The van der Waals surface area contributed by atoms with Crippen molar-refractivity contribution in [3.63, 3.8) is 0 Å². The Bertz CT molecular complexity index is 2010. The Kier molecular flexibility index (Phi) is 10.5. The van der Waals surface area contributed by atoms with Gasteiger partial charge in [-0.25, -0.2) is 24.2 Å². The van der Waals surface area contributed by atoms with Crippen LogP contribution in [0.4, 0.5) is 0 Å². The molecule has 1 fully saturated rings. The van der Waals surface area contributed by atoms with Gasteiger partial charge in [-0.3, -0.25) is 0 Å². The molecular formula is C35H31Cl2N5O8. The van der Waals surface area contributed by atoms with E-state index in [0.717, 1.165) is 0 Å². The topological polar surface area (TPSA) is 146 Å². The summed E-state index contributed by atoms with van der Waals surface area (Å²) in [5, 5.41) is 9.58. The van der Waals surface area contributed by atoms with Crippen molar-refractivity contribution in [2.45, 2.75) is 31.8 Å². The maximum Gasteiger partial charge on any atom is 0.338 e. The normalized spacial score (nSPS) is 16.9. The summed E-state index contributed by atoms with van der Waals surface area (Å²) in [6.45, 7) is 1.60. The zero-order chi connectivity index (χ0) is 35.4. The summed E-state index contributed by atoms with van der Waals surface area (Å²) in [5.41, 5.74) is 3.24. The SMILES string of the molecule is COc1ccc(-c2nc(C)c(-c3cn([C@H]4C[C@H](OC(=O)c5ccc(Cl)cc5)[C@@H](COC(=O)c5ccc(Cl)cc5)O4)nn3)nc2OC)cc1OC. The molecule has 2 aromatic heterocycles. The van der Waals surface area contributed by atoms with Crippen molar-refractivity contribution < 1.29 is 38.0 Å². The molecule has 0 N–H and O–H groups in total. The van der Waals surface area contributed by atoms with Crippen LogP contribution in [0.15, 0.2) is 72.9 Å². The second-order valence-corrected chi connectivity index (χ2v) is 12.0. The fraction of sp³-hybridized carbons (Fsp3) is 0.257. The first kappa shape index (κ1) is 34.6. The highest BCUT2D eigenvalue weighted by Crippen LogP contribution is 2.37. The number of methoxy groups -OCH3 is 3. The average molecular weight is 721 g/mol. The molecule has 0 bridgehead atoms. The molecule has 1 aliphatic rings. The number of nitrogens with zero attached hydrogens (tertiary/aromatic N) is 5. The number of carbonyl (C=O) groups is 2. The Morgan fingerprint density at radius 1 is 0.840 bits per heavy atom. The molecule has 0 radical (unpaired) electrons. The van der Waals surface area contributed by atoms with Crippen molar-refractivity contribution in [2.24, 2.45) is 0 Å². The maximum atomic E-state index is 13.1. The summed E-state index contributed by atoms with van der Waals surface area (Å²) in [6.07, 6.45) is -0.493. The maximum absolute atomic E-state index is 13.1. The lowest BCUT2D eigenvalue weighted by atomic mass is 10.1. The number of hydrogen-bond acceptors (Lipinski definition) is 12. The van der Waals surface area contributed by atoms with Crippen LogP contribution in [0, 0.1) is 6.92 Å². The van der Waals surface area contributed by atoms with Gasteiger partial charge in [0.1, 0.15) is 35.9 Å². The number of ether oxygens (including phenoxy) is 6. The van der Waals surface area contributed by atoms with E-state index < -0.39 is 30.4 Å². The minimum absolute atomic E-state index is 0.192. The zero-order valence-corrected chi connectivity index (χ0v) is 28.8. The van der Waals surface area contributed by atoms with Crippen LogP contribution in [0.3, 0.4) is 0 Å². The smallest absolute Gasteiger partial charge is 0.338 e. The highest BCUT2D eigenvalue weighted by atomic mass is 35.5. The minimum atomic E-state index is -0.817. The number of aromatic nitrogens is 5. The zero-order valence-electron chi connectivity index (χ0n) is 27.3. The fourth-order valence-corrected chi connectivity index (χ4v) is 5.59. The Balaban J connectivity index is 1.23. The van der Waals surface area contributed by atoms with Gasteiger partial charge in [-0.05, 0) is 73.7 Å². The third-order valence-electron chi connectivity index (χ3n) is 7.91. The van der Waals surface area contributed by atoms with Gasteiger partial charge in [0.2, 0.25) is 5.88 Å². The van der Waals surface area contributed by atoms with Crippen molar-refractivity contribution in [3.8, 4) is 40.0 Å². The third-order valence-corrected chi connectivity index (χ3v) is 8.42. The van der Waals surface area contributed by atoms with Gasteiger partial charge in [-0.1, -0.05) is 28.4 Å². The highest BCUT2D eigenvalue weighted by Gasteiger charge is 2.41. The molecule has 3 atom stereocenters. The fourth-order valence-electron chi connectivity index (χ4n) is 5.34. The van der Waals surface area contributed by atoms with Gasteiger partial charge >= 0.3 is 11.9 Å². The van der Waals surface area contributed by atoms with Crippen molar-refractivity contribution in [1.29, 1.82) is 0 Å². The first-order valence-corrected chi connectivity index (χ1v) is 16.0. The third kappa shape index (κ3) is 7.49. The number of halogens is 2. The predicted octanol–water partition coefficient (Wildman–Crippen LogP) is 6.41. The standard InChI is InChI=1S/C35H31Cl2N5O8/c1-19-31(39-33(47-4)32(38-19)22-9-14-26(45-2)27(15-22)46-3)25-17-42(41-40-25)30-16-28(50-35(44)21-7-12-24(37)13-8-21)29(49-30)18-48-34(43)20-5-10-23(36)11-6-20/h5-15,17,28-30H,16,18H2,1-4H3/t28-,29+,30+/m0/s1. The molecule has 3 aromatic carbocycles. The summed E-state index contributed by atoms with van der Waals surface area (Å²) >= 11 is 11.9. The van der Waals surface area contributed by atoms with Crippen LogP contribution < -0.4 is 14.2 Å². The summed E-state index contributed by atoms with van der Waals surface area (Å²) in [7, 11) is 4.62. The van der Waals surface area contributed by atoms with Crippen LogP contribution in [0.2, 0.25) is 10.0 Å². The van der Waals surface area contributed by atoms with E-state index in [1.807, 2.05) is 6.07 Å². The molecule has 0 aliphatic carbocycles. The Labute approximate surface area is 297 Å². The van der Waals surface area contributed by atoms with E-state index >= 15 is 0 Å². The van der Waals surface area contributed by atoms with Crippen LogP contribution >= 0.6 is 23.2 Å². The molecule has 13 nitrogen and oxygen atoms in total. The molecule has 6 rings (SSSR count). The molecule has 15 heteroatoms. The van der Waals surface area contributed by atoms with Crippen LogP contribution in [0.25, 0.3) is 22.6 Å². The lowest BCUT2D eigenvalue weighted by Crippen LogP contribution is -2.32. The van der Waals surface area contributed by atoms with Crippen molar-refractivity contribution in [3.05, 3.63) is 99.8 Å². The van der Waals surface area contributed by atoms with Gasteiger partial charge in [0.25, 0.3) is 0 Å². The number of benzene rings is 3. The molecule has 1 saturated heterocycles. The summed E-state index contributed by atoms with van der Waals surface area (Å²) < 4.78 is 35.6. The minimum Gasteiger partial charge on any atom is -0.493 e. The van der Waals surface area contributed by atoms with Gasteiger partial charge in [0.15, 0.2) is 17.7 Å². The Morgan fingerprint density at radius 2 is 1.50 bits per heavy atom. The molecule has 258 valence electrons. The molecule has 3 heterocycles. The lowest BCUT2D eigenvalue weighted by Gasteiger charge is -2.19. The van der Waals surface area contributed by atoms with E-state index in [-0.39, 0.29) is 18.9 Å². The van der Waals surface area contributed by atoms with Crippen molar-refractivity contribution >= 4 is 35.1 Å². The molecule has 1 aliphatic heterocycles. The van der Waals surface area contributed by atoms with Crippen LogP contribution in [-0.2, 0) is 14.2 Å². The first-order valence-electron chi connectivity index (χ1n) is 15.3. The van der Waals surface area contributed by atoms with Gasteiger partial charge in [0.05, 0.1) is 44.3 Å². The molecule has 0 amide bonds. The number of aryl methyl sites for hydroxylation is 1. The number of rotatable bonds is 11. The Hall–Kier alpha value is -5.24. The molecule has 0 spiro atoms. The Morgan fingerprint density at radius 3 is 2.14 bits per heavy atom. The van der Waals surface area contributed by atoms with Crippen LogP contribution in [0.1, 0.15) is 39.1 Å². The van der Waals surface area contributed by atoms with Gasteiger partial charge in [-0.2, -0.15) is 0 Å². The second-order valence-electron chi connectivity index (χ2n) is 11.1. The van der Waals surface area contributed by atoms with Gasteiger partial charge < -0.3 is 28.4 Å². The molecular weight excluding hydrogens is 689 g/mol. The van der Waals surface area contributed by atoms with Crippen molar-refractivity contribution in [1.82, 2.24) is 25.0 Å². The number of esters is 2. The summed E-state index contributed by atoms with van der Waals surface area (Å²) in [5.74, 6) is 0.202. The lowest BCUT2D eigenvalue weighted by molar-refractivity contribution is -0.0604. The van der Waals surface area contributed by atoms with Gasteiger partial charge in [-0.15, -0.1) is 5.10 Å². The van der Waals surface area contributed by atoms with E-state index in [0.29, 0.717) is 61.0 Å². The largest absolute Gasteiger partial charge is 0.493 e. The average Bonchev–Trinajstić information content (AvgIpc) is 3.78. The van der Waals surface area contributed by atoms with Crippen LogP contribution in [-0.4, -0.2) is 77.0 Å². The first-order chi connectivity index (χ1) is 24.2. The second kappa shape index (κ2) is 15.1. The monoisotopic (exact) mass is 719 g/mol. The van der Waals surface area contributed by atoms with E-state index in [1.165, 1.54) is 11.8 Å². The predicted molar refractivity (Wildman–Crippen MR) is 182 cm³/mol. The molecule has 5 aromatic rings. The number of hydrogen-bond donors (Lipinski definition) is 0. The molecule has 0 saturated carbocycles. The summed E-state index contributed by atoms with van der Waals surface area (Å²) in [4.78, 5) is 35.3.